The number of aromatic nitrogens is 1. The summed E-state index contributed by atoms with van der Waals surface area (Å²) in [6.07, 6.45) is 3.64. The Kier molecular flexibility index (Phi) is 5.95. The molecule has 0 radical (unpaired) electrons. The fourth-order valence-corrected chi connectivity index (χ4v) is 5.56. The third-order valence-electron chi connectivity index (χ3n) is 6.41. The van der Waals surface area contributed by atoms with Crippen molar-refractivity contribution in [1.29, 1.82) is 0 Å². The predicted molar refractivity (Wildman–Crippen MR) is 124 cm³/mol. The van der Waals surface area contributed by atoms with Gasteiger partial charge in [-0.3, -0.25) is 14.7 Å². The molecular formula is C25H27N3O3S. The minimum absolute atomic E-state index is 0.0698. The summed E-state index contributed by atoms with van der Waals surface area (Å²) in [6.45, 7) is 3.81. The van der Waals surface area contributed by atoms with Gasteiger partial charge in [0.1, 0.15) is 5.75 Å². The molecule has 7 heteroatoms. The second-order valence-corrected chi connectivity index (χ2v) is 9.24. The van der Waals surface area contributed by atoms with E-state index in [0.29, 0.717) is 26.2 Å². The van der Waals surface area contributed by atoms with Gasteiger partial charge in [-0.25, -0.2) is 0 Å². The summed E-state index contributed by atoms with van der Waals surface area (Å²) < 4.78 is 11.8. The highest BCUT2D eigenvalue weighted by Gasteiger charge is 2.56. The number of hydrogen-bond acceptors (Lipinski definition) is 6. The number of methoxy groups -OCH3 is 1. The molecule has 2 saturated heterocycles. The lowest BCUT2D eigenvalue weighted by Crippen LogP contribution is -2.59. The number of carbonyl (C=O) groups is 1. The molecule has 5 rings (SSSR count). The molecule has 4 heterocycles. The highest BCUT2D eigenvalue weighted by atomic mass is 32.1. The van der Waals surface area contributed by atoms with Gasteiger partial charge in [-0.1, -0.05) is 18.2 Å². The Morgan fingerprint density at radius 1 is 1.22 bits per heavy atom. The fourth-order valence-electron chi connectivity index (χ4n) is 4.90. The van der Waals surface area contributed by atoms with Crippen LogP contribution in [0.25, 0.3) is 0 Å². The van der Waals surface area contributed by atoms with Gasteiger partial charge in [-0.05, 0) is 51.7 Å². The topological polar surface area (TPSA) is 54.9 Å². The number of benzene rings is 1. The molecule has 32 heavy (non-hydrogen) atoms. The molecule has 166 valence electrons. The summed E-state index contributed by atoms with van der Waals surface area (Å²) in [7, 11) is 1.68. The maximum Gasteiger partial charge on any atom is 0.257 e. The van der Waals surface area contributed by atoms with Crippen LogP contribution in [-0.4, -0.2) is 59.6 Å². The Bertz CT molecular complexity index is 1060. The molecule has 2 aliphatic rings. The van der Waals surface area contributed by atoms with Crippen molar-refractivity contribution >= 4 is 17.2 Å². The number of thiophene rings is 1. The second kappa shape index (κ2) is 9.02. The van der Waals surface area contributed by atoms with Gasteiger partial charge in [-0.2, -0.15) is 11.3 Å². The first kappa shape index (κ1) is 21.1. The van der Waals surface area contributed by atoms with E-state index in [0.717, 1.165) is 30.0 Å². The molecular weight excluding hydrogens is 422 g/mol. The van der Waals surface area contributed by atoms with Gasteiger partial charge in [0.25, 0.3) is 5.91 Å². The van der Waals surface area contributed by atoms with Gasteiger partial charge in [0, 0.05) is 51.0 Å². The van der Waals surface area contributed by atoms with Gasteiger partial charge in [0.15, 0.2) is 5.60 Å². The van der Waals surface area contributed by atoms with E-state index in [1.54, 1.807) is 24.6 Å². The Hall–Kier alpha value is -2.74. The highest BCUT2D eigenvalue weighted by Crippen LogP contribution is 2.42. The number of amides is 1. The Morgan fingerprint density at radius 3 is 2.94 bits per heavy atom. The van der Waals surface area contributed by atoms with Crippen molar-refractivity contribution in [3.8, 4) is 5.75 Å². The lowest BCUT2D eigenvalue weighted by molar-refractivity contribution is -0.173. The first-order valence-corrected chi connectivity index (χ1v) is 11.8. The average Bonchev–Trinajstić information content (AvgIpc) is 3.46. The molecule has 0 aliphatic carbocycles. The Balaban J connectivity index is 1.44. The minimum atomic E-state index is -0.893. The van der Waals surface area contributed by atoms with Crippen molar-refractivity contribution < 1.29 is 14.3 Å². The molecule has 1 amide bonds. The average molecular weight is 450 g/mol. The van der Waals surface area contributed by atoms with E-state index in [4.69, 9.17) is 9.47 Å². The molecule has 1 aromatic carbocycles. The van der Waals surface area contributed by atoms with Gasteiger partial charge in [0.05, 0.1) is 13.7 Å². The summed E-state index contributed by atoms with van der Waals surface area (Å²) in [6, 6.07) is 14.2. The molecule has 1 spiro atoms. The summed E-state index contributed by atoms with van der Waals surface area (Å²) in [4.78, 5) is 22.5. The van der Waals surface area contributed by atoms with Gasteiger partial charge in [0.2, 0.25) is 0 Å². The van der Waals surface area contributed by atoms with E-state index in [9.17, 15) is 4.79 Å². The summed E-state index contributed by atoms with van der Waals surface area (Å²) in [5.74, 6) is 0.851. The molecule has 0 bridgehead atoms. The Labute approximate surface area is 192 Å². The number of rotatable bonds is 6. The van der Waals surface area contributed by atoms with Crippen LogP contribution in [0, 0.1) is 0 Å². The van der Waals surface area contributed by atoms with Gasteiger partial charge < -0.3 is 14.4 Å². The molecule has 0 N–H and O–H groups in total. The normalized spacial score (nSPS) is 23.7. The first-order chi connectivity index (χ1) is 15.7. The molecule has 6 nitrogen and oxygen atoms in total. The Morgan fingerprint density at radius 2 is 2.16 bits per heavy atom. The van der Waals surface area contributed by atoms with E-state index in [1.165, 1.54) is 5.56 Å². The highest BCUT2D eigenvalue weighted by molar-refractivity contribution is 7.07. The monoisotopic (exact) mass is 449 g/mol. The zero-order valence-corrected chi connectivity index (χ0v) is 19.0. The van der Waals surface area contributed by atoms with Gasteiger partial charge >= 0.3 is 0 Å². The zero-order chi connectivity index (χ0) is 22.0. The number of carbonyl (C=O) groups excluding carboxylic acids is 1. The van der Waals surface area contributed by atoms with Crippen LogP contribution in [0.5, 0.6) is 5.75 Å². The fraction of sp³-hybridized carbons (Fsp3) is 0.360. The van der Waals surface area contributed by atoms with E-state index < -0.39 is 5.60 Å². The molecule has 3 aromatic rings. The van der Waals surface area contributed by atoms with Crippen LogP contribution >= 0.6 is 11.3 Å². The number of morpholine rings is 1. The summed E-state index contributed by atoms with van der Waals surface area (Å²) in [5.41, 5.74) is 2.48. The number of pyridine rings is 1. The van der Waals surface area contributed by atoms with Crippen LogP contribution in [0.3, 0.4) is 0 Å². The third kappa shape index (κ3) is 4.03. The molecule has 2 aromatic heterocycles. The lowest BCUT2D eigenvalue weighted by atomic mass is 9.83. The largest absolute Gasteiger partial charge is 0.497 e. The maximum absolute atomic E-state index is 13.9. The van der Waals surface area contributed by atoms with Crippen LogP contribution in [0.2, 0.25) is 0 Å². The summed E-state index contributed by atoms with van der Waals surface area (Å²) >= 11 is 1.66. The van der Waals surface area contributed by atoms with Crippen molar-refractivity contribution in [2.45, 2.75) is 24.6 Å². The number of nitrogens with zero attached hydrogens (tertiary/aromatic N) is 3. The van der Waals surface area contributed by atoms with Crippen LogP contribution in [-0.2, 0) is 22.6 Å². The quantitative estimate of drug-likeness (QED) is 0.576. The smallest absolute Gasteiger partial charge is 0.257 e. The van der Waals surface area contributed by atoms with Crippen LogP contribution < -0.4 is 4.74 Å². The van der Waals surface area contributed by atoms with Crippen LogP contribution in [0.15, 0.2) is 65.6 Å². The number of likely N-dealkylation sites (tertiary alicyclic amines) is 1. The van der Waals surface area contributed by atoms with E-state index >= 15 is 0 Å². The molecule has 2 atom stereocenters. The predicted octanol–water partition coefficient (Wildman–Crippen LogP) is 3.55. The lowest BCUT2D eigenvalue weighted by Gasteiger charge is -2.42. The number of ether oxygens (including phenoxy) is 2. The second-order valence-electron chi connectivity index (χ2n) is 8.46. The van der Waals surface area contributed by atoms with Crippen molar-refractivity contribution in [3.05, 3.63) is 82.3 Å². The van der Waals surface area contributed by atoms with Crippen LogP contribution in [0.1, 0.15) is 22.6 Å². The molecule has 2 fully saturated rings. The van der Waals surface area contributed by atoms with E-state index in [2.05, 4.69) is 44.9 Å². The minimum Gasteiger partial charge on any atom is -0.497 e. The summed E-state index contributed by atoms with van der Waals surface area (Å²) in [5, 5.41) is 4.16. The number of hydrogen-bond donors (Lipinski definition) is 0. The van der Waals surface area contributed by atoms with Crippen molar-refractivity contribution in [3.63, 3.8) is 0 Å². The van der Waals surface area contributed by atoms with Crippen molar-refractivity contribution in [2.75, 3.05) is 33.4 Å². The standard InChI is InChI=1S/C25H27N3O3S/c1-30-22-6-2-4-19(12-22)14-27-16-23(21-5-3-8-26-13-21)25(18-27)24(29)28(9-10-31-25)15-20-7-11-32-17-20/h2-8,11-13,17,23H,9-10,14-16,18H2,1H3/t23-,25+/m0/s1. The molecule has 2 aliphatic heterocycles. The molecule has 0 saturated carbocycles. The molecule has 0 unspecified atom stereocenters. The third-order valence-corrected chi connectivity index (χ3v) is 7.14. The van der Waals surface area contributed by atoms with E-state index in [1.807, 2.05) is 29.3 Å². The van der Waals surface area contributed by atoms with Crippen molar-refractivity contribution in [2.24, 2.45) is 0 Å². The SMILES string of the molecule is COc1cccc(CN2C[C@@H](c3cccnc3)[C@@]3(C2)OCCN(Cc2ccsc2)C3=O)c1. The van der Waals surface area contributed by atoms with Gasteiger partial charge in [-0.15, -0.1) is 0 Å². The zero-order valence-electron chi connectivity index (χ0n) is 18.1. The van der Waals surface area contributed by atoms with Crippen LogP contribution in [0.4, 0.5) is 0 Å². The first-order valence-electron chi connectivity index (χ1n) is 10.9. The van der Waals surface area contributed by atoms with Crippen molar-refractivity contribution in [1.82, 2.24) is 14.8 Å². The van der Waals surface area contributed by atoms with E-state index in [-0.39, 0.29) is 11.8 Å². The maximum atomic E-state index is 13.9.